The minimum absolute atomic E-state index is 0.0753. The van der Waals surface area contributed by atoms with E-state index >= 15 is 0 Å². The number of nitrogens with zero attached hydrogens (tertiary/aromatic N) is 5. The molecule has 0 amide bonds. The van der Waals surface area contributed by atoms with Gasteiger partial charge in [0.2, 0.25) is 10.0 Å². The lowest BCUT2D eigenvalue weighted by Gasteiger charge is -2.24. The first-order valence-electron chi connectivity index (χ1n) is 10.2. The fourth-order valence-electron chi connectivity index (χ4n) is 3.71. The SMILES string of the molecule is [C-]#[N+]c1cccc(Cc2cc(Nc3ccccc3N(C(F)F)S(C)(=O)=O)c3c(n2)CC(C)=N3)n1. The van der Waals surface area contributed by atoms with Crippen molar-refractivity contribution < 1.29 is 17.2 Å². The Morgan fingerprint density at radius 2 is 1.88 bits per heavy atom. The molecule has 0 spiro atoms. The minimum atomic E-state index is -4.24. The van der Waals surface area contributed by atoms with Crippen LogP contribution in [0.2, 0.25) is 0 Å². The van der Waals surface area contributed by atoms with Crippen LogP contribution in [0.1, 0.15) is 24.0 Å². The van der Waals surface area contributed by atoms with Crippen LogP contribution in [0, 0.1) is 6.57 Å². The first-order chi connectivity index (χ1) is 16.2. The summed E-state index contributed by atoms with van der Waals surface area (Å²) in [6.45, 7) is 5.76. The van der Waals surface area contributed by atoms with E-state index in [1.54, 1.807) is 30.3 Å². The zero-order valence-electron chi connectivity index (χ0n) is 18.3. The lowest BCUT2D eigenvalue weighted by atomic mass is 10.1. The molecule has 0 radical (unpaired) electrons. The van der Waals surface area contributed by atoms with Crippen molar-refractivity contribution in [3.8, 4) is 0 Å². The second-order valence-corrected chi connectivity index (χ2v) is 9.59. The van der Waals surface area contributed by atoms with Gasteiger partial charge in [-0.3, -0.25) is 9.98 Å². The first kappa shape index (κ1) is 23.3. The van der Waals surface area contributed by atoms with Crippen molar-refractivity contribution in [1.29, 1.82) is 0 Å². The summed E-state index contributed by atoms with van der Waals surface area (Å²) < 4.78 is 51.6. The van der Waals surface area contributed by atoms with Gasteiger partial charge in [0.05, 0.1) is 41.1 Å². The molecular weight excluding hydrogens is 462 g/mol. The number of nitrogens with one attached hydrogen (secondary N) is 1. The van der Waals surface area contributed by atoms with Crippen molar-refractivity contribution in [2.45, 2.75) is 26.3 Å². The maximum atomic E-state index is 13.7. The maximum Gasteiger partial charge on any atom is 0.327 e. The lowest BCUT2D eigenvalue weighted by Crippen LogP contribution is -2.35. The molecule has 8 nitrogen and oxygen atoms in total. The number of halogens is 2. The Labute approximate surface area is 195 Å². The molecule has 4 rings (SSSR count). The highest BCUT2D eigenvalue weighted by Crippen LogP contribution is 2.39. The van der Waals surface area contributed by atoms with Crippen molar-refractivity contribution in [3.05, 3.63) is 77.0 Å². The molecule has 1 aliphatic heterocycles. The van der Waals surface area contributed by atoms with E-state index in [2.05, 4.69) is 25.1 Å². The second-order valence-electron chi connectivity index (χ2n) is 7.73. The molecule has 3 heterocycles. The number of aromatic nitrogens is 2. The normalized spacial score (nSPS) is 12.8. The largest absolute Gasteiger partial charge is 0.361 e. The Bertz CT molecular complexity index is 1430. The Morgan fingerprint density at radius 1 is 1.12 bits per heavy atom. The summed E-state index contributed by atoms with van der Waals surface area (Å²) in [5.74, 6) is 0.276. The average molecular weight is 483 g/mol. The van der Waals surface area contributed by atoms with Gasteiger partial charge in [0, 0.05) is 12.1 Å². The number of alkyl halides is 2. The third kappa shape index (κ3) is 4.87. The van der Waals surface area contributed by atoms with Gasteiger partial charge in [-0.1, -0.05) is 24.8 Å². The van der Waals surface area contributed by atoms with Crippen LogP contribution in [-0.4, -0.2) is 36.9 Å². The molecule has 34 heavy (non-hydrogen) atoms. The van der Waals surface area contributed by atoms with E-state index in [0.717, 1.165) is 12.0 Å². The molecule has 174 valence electrons. The first-order valence-corrected chi connectivity index (χ1v) is 12.0. The van der Waals surface area contributed by atoms with Crippen molar-refractivity contribution in [2.24, 2.45) is 4.99 Å². The number of aliphatic imine (C=N–C) groups is 1. The van der Waals surface area contributed by atoms with Crippen molar-refractivity contribution in [3.63, 3.8) is 0 Å². The quantitative estimate of drug-likeness (QED) is 0.378. The van der Waals surface area contributed by atoms with E-state index in [9.17, 15) is 17.2 Å². The van der Waals surface area contributed by atoms with E-state index in [1.165, 1.54) is 18.2 Å². The maximum absolute atomic E-state index is 13.7. The number of hydrogen-bond acceptors (Lipinski definition) is 6. The molecule has 3 aromatic rings. The van der Waals surface area contributed by atoms with Crippen LogP contribution in [0.5, 0.6) is 0 Å². The molecule has 1 aromatic carbocycles. The van der Waals surface area contributed by atoms with Gasteiger partial charge < -0.3 is 10.2 Å². The standard InChI is InChI=1S/C23H20F2N6O2S/c1-14-11-18-22(27-14)19(13-16(28-18)12-15-7-6-10-21(26-2)29-15)30-17-8-4-5-9-20(17)31(23(24)25)34(3,32)33/h4-10,13,23H,11-12H2,1,3H3,(H,28,30). The third-order valence-electron chi connectivity index (χ3n) is 5.06. The molecule has 0 bridgehead atoms. The van der Waals surface area contributed by atoms with Gasteiger partial charge in [0.15, 0.2) is 0 Å². The van der Waals surface area contributed by atoms with Gasteiger partial charge in [-0.2, -0.15) is 8.78 Å². The lowest BCUT2D eigenvalue weighted by molar-refractivity contribution is 0.162. The summed E-state index contributed by atoms with van der Waals surface area (Å²) in [6.07, 6.45) is 1.61. The van der Waals surface area contributed by atoms with Gasteiger partial charge in [0.1, 0.15) is 11.4 Å². The smallest absolute Gasteiger partial charge is 0.327 e. The van der Waals surface area contributed by atoms with Crippen LogP contribution < -0.4 is 9.62 Å². The summed E-state index contributed by atoms with van der Waals surface area (Å²) >= 11 is 0. The topological polar surface area (TPSA) is 91.9 Å². The number of fused-ring (bicyclic) bond motifs is 1. The molecule has 1 N–H and O–H groups in total. The number of hydrogen-bond donors (Lipinski definition) is 1. The number of pyridine rings is 2. The number of rotatable bonds is 7. The van der Waals surface area contributed by atoms with Crippen molar-refractivity contribution in [1.82, 2.24) is 9.97 Å². The molecular formula is C23H20F2N6O2S. The van der Waals surface area contributed by atoms with Crippen LogP contribution in [0.15, 0.2) is 53.5 Å². The van der Waals surface area contributed by atoms with Gasteiger partial charge >= 0.3 is 6.55 Å². The Kier molecular flexibility index (Phi) is 6.26. The predicted molar refractivity (Wildman–Crippen MR) is 127 cm³/mol. The zero-order chi connectivity index (χ0) is 24.5. The highest BCUT2D eigenvalue weighted by atomic mass is 32.2. The molecule has 0 unspecified atom stereocenters. The number of anilines is 3. The van der Waals surface area contributed by atoms with E-state index in [0.29, 0.717) is 41.3 Å². The van der Waals surface area contributed by atoms with Gasteiger partial charge in [-0.25, -0.2) is 12.7 Å². The molecule has 0 aliphatic carbocycles. The third-order valence-corrected chi connectivity index (χ3v) is 6.13. The second kappa shape index (κ2) is 9.15. The molecule has 11 heteroatoms. The summed E-state index contributed by atoms with van der Waals surface area (Å²) in [6, 6.07) is 12.8. The van der Waals surface area contributed by atoms with E-state index < -0.39 is 16.6 Å². The molecule has 1 aliphatic rings. The van der Waals surface area contributed by atoms with E-state index in [4.69, 9.17) is 6.57 Å². The Morgan fingerprint density at radius 3 is 2.59 bits per heavy atom. The monoisotopic (exact) mass is 482 g/mol. The summed E-state index contributed by atoms with van der Waals surface area (Å²) in [7, 11) is -4.24. The fraction of sp³-hybridized carbons (Fsp3) is 0.217. The average Bonchev–Trinajstić information content (AvgIpc) is 3.14. The summed E-state index contributed by atoms with van der Waals surface area (Å²) in [4.78, 5) is 16.9. The van der Waals surface area contributed by atoms with Gasteiger partial charge in [0.25, 0.3) is 5.82 Å². The fourth-order valence-corrected chi connectivity index (χ4v) is 4.52. The van der Waals surface area contributed by atoms with E-state index in [1.807, 2.05) is 6.92 Å². The highest BCUT2D eigenvalue weighted by Gasteiger charge is 2.29. The molecule has 0 saturated heterocycles. The van der Waals surface area contributed by atoms with Crippen molar-refractivity contribution >= 4 is 44.3 Å². The van der Waals surface area contributed by atoms with Crippen LogP contribution in [-0.2, 0) is 22.9 Å². The molecule has 2 aromatic heterocycles. The Balaban J connectivity index is 1.77. The van der Waals surface area contributed by atoms with Crippen LogP contribution >= 0.6 is 0 Å². The number of benzene rings is 1. The molecule has 0 saturated carbocycles. The predicted octanol–water partition coefficient (Wildman–Crippen LogP) is 5.00. The number of para-hydroxylation sites is 2. The van der Waals surface area contributed by atoms with E-state index in [-0.39, 0.29) is 21.5 Å². The summed E-state index contributed by atoms with van der Waals surface area (Å²) in [5, 5.41) is 3.09. The Hall–Kier alpha value is -3.91. The minimum Gasteiger partial charge on any atom is -0.361 e. The summed E-state index contributed by atoms with van der Waals surface area (Å²) in [5.41, 5.74) is 3.93. The van der Waals surface area contributed by atoms with Gasteiger partial charge in [-0.05, 0) is 37.3 Å². The molecule has 0 atom stereocenters. The number of sulfonamides is 1. The highest BCUT2D eigenvalue weighted by molar-refractivity contribution is 7.92. The van der Waals surface area contributed by atoms with Crippen LogP contribution in [0.4, 0.5) is 37.3 Å². The zero-order valence-corrected chi connectivity index (χ0v) is 19.1. The van der Waals surface area contributed by atoms with Gasteiger partial charge in [-0.15, -0.1) is 4.98 Å². The van der Waals surface area contributed by atoms with Crippen molar-refractivity contribution in [2.75, 3.05) is 15.9 Å². The van der Waals surface area contributed by atoms with Crippen LogP contribution in [0.25, 0.3) is 4.85 Å². The van der Waals surface area contributed by atoms with Crippen LogP contribution in [0.3, 0.4) is 0 Å². The molecule has 0 fully saturated rings.